The molecule has 8 atom stereocenters. The lowest BCUT2D eigenvalue weighted by Crippen LogP contribution is -2.46. The number of unbranched alkanes of at least 4 members (excludes halogenated alkanes) is 1. The molecule has 96 valence electrons. The maximum absolute atomic E-state index is 10.8. The molecule has 2 saturated heterocycles. The predicted molar refractivity (Wildman–Crippen MR) is 70.6 cm³/mol. The molecule has 1 unspecified atom stereocenters. The summed E-state index contributed by atoms with van der Waals surface area (Å²) in [6, 6.07) is 0. The van der Waals surface area contributed by atoms with Crippen LogP contribution in [-0.4, -0.2) is 27.2 Å². The number of hydrogen-bond donors (Lipinski definition) is 1. The van der Waals surface area contributed by atoms with Gasteiger partial charge < -0.3 is 14.6 Å². The molecule has 2 bridgehead atoms. The van der Waals surface area contributed by atoms with Gasteiger partial charge in [-0.05, 0) is 24.7 Å². The molecule has 4 heteroatoms. The SMILES string of the molecule is CCCC[C@]1(O)O[C@@H]2O[C@@H]3[C@@H](I)[C@H]4C[C@@H]3[C@@H]2C41. The van der Waals surface area contributed by atoms with Crippen molar-refractivity contribution >= 4 is 22.6 Å². The number of hydrogen-bond acceptors (Lipinski definition) is 3. The first-order valence-electron chi connectivity index (χ1n) is 6.85. The van der Waals surface area contributed by atoms with Gasteiger partial charge in [0.15, 0.2) is 12.1 Å². The highest BCUT2D eigenvalue weighted by atomic mass is 127. The molecule has 2 aliphatic heterocycles. The summed E-state index contributed by atoms with van der Waals surface area (Å²) in [5, 5.41) is 10.8. The lowest BCUT2D eigenvalue weighted by Gasteiger charge is -2.37. The highest BCUT2D eigenvalue weighted by molar-refractivity contribution is 14.1. The quantitative estimate of drug-likeness (QED) is 0.627. The number of rotatable bonds is 3. The van der Waals surface area contributed by atoms with E-state index in [4.69, 9.17) is 9.47 Å². The van der Waals surface area contributed by atoms with E-state index in [1.807, 2.05) is 0 Å². The van der Waals surface area contributed by atoms with Crippen LogP contribution >= 0.6 is 22.6 Å². The van der Waals surface area contributed by atoms with E-state index in [1.165, 1.54) is 6.42 Å². The molecule has 0 aromatic carbocycles. The van der Waals surface area contributed by atoms with Crippen LogP contribution in [0.3, 0.4) is 0 Å². The minimum absolute atomic E-state index is 0.110. The smallest absolute Gasteiger partial charge is 0.172 e. The van der Waals surface area contributed by atoms with Gasteiger partial charge in [-0.1, -0.05) is 35.9 Å². The Hall–Kier alpha value is 0.610. The molecule has 0 aromatic rings. The summed E-state index contributed by atoms with van der Waals surface area (Å²) >= 11 is 2.53. The van der Waals surface area contributed by atoms with Gasteiger partial charge in [-0.3, -0.25) is 0 Å². The van der Waals surface area contributed by atoms with Crippen molar-refractivity contribution in [1.82, 2.24) is 0 Å². The van der Waals surface area contributed by atoms with Crippen molar-refractivity contribution in [3.8, 4) is 0 Å². The minimum atomic E-state index is -0.889. The zero-order chi connectivity index (χ0) is 11.8. The summed E-state index contributed by atoms with van der Waals surface area (Å²) in [5.74, 6) is 1.21. The van der Waals surface area contributed by atoms with Crippen molar-refractivity contribution in [3.63, 3.8) is 0 Å². The Morgan fingerprint density at radius 3 is 3.00 bits per heavy atom. The van der Waals surface area contributed by atoms with Crippen molar-refractivity contribution in [2.75, 3.05) is 0 Å². The molecule has 0 radical (unpaired) electrons. The third-order valence-electron chi connectivity index (χ3n) is 5.39. The minimum Gasteiger partial charge on any atom is -0.365 e. The molecule has 4 fully saturated rings. The molecule has 17 heavy (non-hydrogen) atoms. The van der Waals surface area contributed by atoms with E-state index >= 15 is 0 Å². The van der Waals surface area contributed by atoms with Crippen molar-refractivity contribution in [2.45, 2.75) is 54.7 Å². The summed E-state index contributed by atoms with van der Waals surface area (Å²) in [7, 11) is 0. The second kappa shape index (κ2) is 3.58. The van der Waals surface area contributed by atoms with Crippen LogP contribution in [-0.2, 0) is 9.47 Å². The average molecular weight is 350 g/mol. The predicted octanol–water partition coefficient (Wildman–Crippen LogP) is 2.31. The van der Waals surface area contributed by atoms with Crippen LogP contribution in [0.15, 0.2) is 0 Å². The monoisotopic (exact) mass is 350 g/mol. The first-order valence-corrected chi connectivity index (χ1v) is 8.10. The van der Waals surface area contributed by atoms with E-state index in [0.29, 0.717) is 33.7 Å². The zero-order valence-corrected chi connectivity index (χ0v) is 12.2. The van der Waals surface area contributed by atoms with Crippen LogP contribution in [0.25, 0.3) is 0 Å². The standard InChI is InChI=1S/C13H19IO3/c1-2-3-4-13(15)9-7-5-6-8(9)12(17-13)16-11(6)10(7)14/h6-12,15H,2-5H2,1H3/t6-,7+,8-,9?,10+,11+,12+,13+/m1/s1. The van der Waals surface area contributed by atoms with Crippen molar-refractivity contribution in [3.05, 3.63) is 0 Å². The second-order valence-corrected chi connectivity index (χ2v) is 7.58. The van der Waals surface area contributed by atoms with E-state index in [9.17, 15) is 5.11 Å². The zero-order valence-electron chi connectivity index (χ0n) is 10.0. The Morgan fingerprint density at radius 2 is 2.24 bits per heavy atom. The highest BCUT2D eigenvalue weighted by Gasteiger charge is 2.74. The molecular formula is C13H19IO3. The third kappa shape index (κ3) is 1.28. The molecule has 0 amide bonds. The van der Waals surface area contributed by atoms with E-state index in [1.54, 1.807) is 0 Å². The van der Waals surface area contributed by atoms with E-state index in [2.05, 4.69) is 29.5 Å². The summed E-state index contributed by atoms with van der Waals surface area (Å²) in [6.45, 7) is 2.16. The average Bonchev–Trinajstić information content (AvgIpc) is 2.94. The van der Waals surface area contributed by atoms with Crippen LogP contribution < -0.4 is 0 Å². The molecular weight excluding hydrogens is 331 g/mol. The van der Waals surface area contributed by atoms with Gasteiger partial charge >= 0.3 is 0 Å². The van der Waals surface area contributed by atoms with Crippen LogP contribution in [0.1, 0.15) is 32.6 Å². The van der Waals surface area contributed by atoms with E-state index in [-0.39, 0.29) is 6.29 Å². The molecule has 2 heterocycles. The molecule has 2 aliphatic carbocycles. The number of fused-ring (bicyclic) bond motifs is 2. The van der Waals surface area contributed by atoms with Gasteiger partial charge in [0, 0.05) is 22.2 Å². The fourth-order valence-electron chi connectivity index (χ4n) is 4.80. The van der Waals surface area contributed by atoms with Crippen LogP contribution in [0, 0.1) is 23.7 Å². The topological polar surface area (TPSA) is 38.7 Å². The summed E-state index contributed by atoms with van der Waals surface area (Å²) in [4.78, 5) is 0. The third-order valence-corrected chi connectivity index (χ3v) is 7.03. The number of aliphatic hydroxyl groups is 1. The fraction of sp³-hybridized carbons (Fsp3) is 1.00. The lowest BCUT2D eigenvalue weighted by atomic mass is 9.75. The largest absolute Gasteiger partial charge is 0.365 e. The summed E-state index contributed by atoms with van der Waals surface area (Å²) in [6.07, 6.45) is 4.48. The summed E-state index contributed by atoms with van der Waals surface area (Å²) in [5.41, 5.74) is 0. The van der Waals surface area contributed by atoms with E-state index in [0.717, 1.165) is 19.3 Å². The lowest BCUT2D eigenvalue weighted by molar-refractivity contribution is -0.276. The maximum Gasteiger partial charge on any atom is 0.172 e. The molecule has 4 rings (SSSR count). The Bertz CT molecular complexity index is 350. The molecule has 0 aromatic heterocycles. The first kappa shape index (κ1) is 11.4. The van der Waals surface area contributed by atoms with Crippen LogP contribution in [0.2, 0.25) is 0 Å². The Labute approximate surface area is 115 Å². The van der Waals surface area contributed by atoms with Crippen molar-refractivity contribution < 1.29 is 14.6 Å². The normalized spacial score (nSPS) is 62.6. The van der Waals surface area contributed by atoms with Crippen LogP contribution in [0.5, 0.6) is 0 Å². The Kier molecular flexibility index (Phi) is 2.41. The van der Waals surface area contributed by atoms with Crippen molar-refractivity contribution in [1.29, 1.82) is 0 Å². The first-order chi connectivity index (χ1) is 8.15. The Balaban J connectivity index is 1.67. The van der Waals surface area contributed by atoms with Gasteiger partial charge in [0.1, 0.15) is 0 Å². The molecule has 2 saturated carbocycles. The number of halogens is 1. The van der Waals surface area contributed by atoms with Gasteiger partial charge in [-0.15, -0.1) is 0 Å². The van der Waals surface area contributed by atoms with E-state index < -0.39 is 5.79 Å². The van der Waals surface area contributed by atoms with Crippen LogP contribution in [0.4, 0.5) is 0 Å². The van der Waals surface area contributed by atoms with Gasteiger partial charge in [0.25, 0.3) is 0 Å². The van der Waals surface area contributed by atoms with Gasteiger partial charge in [0.05, 0.1) is 6.10 Å². The van der Waals surface area contributed by atoms with Gasteiger partial charge in [-0.25, -0.2) is 0 Å². The molecule has 0 spiro atoms. The number of alkyl halides is 1. The van der Waals surface area contributed by atoms with Crippen molar-refractivity contribution in [2.24, 2.45) is 23.7 Å². The fourth-order valence-corrected chi connectivity index (χ4v) is 6.24. The van der Waals surface area contributed by atoms with Gasteiger partial charge in [0.2, 0.25) is 0 Å². The Morgan fingerprint density at radius 1 is 1.41 bits per heavy atom. The van der Waals surface area contributed by atoms with Gasteiger partial charge in [-0.2, -0.15) is 0 Å². The highest BCUT2D eigenvalue weighted by Crippen LogP contribution is 2.68. The molecule has 1 N–H and O–H groups in total. The maximum atomic E-state index is 10.8. The second-order valence-electron chi connectivity index (χ2n) is 6.15. The summed E-state index contributed by atoms with van der Waals surface area (Å²) < 4.78 is 12.5. The molecule has 4 aliphatic rings. The number of ether oxygens (including phenoxy) is 2. The molecule has 3 nitrogen and oxygen atoms in total.